The van der Waals surface area contributed by atoms with Crippen molar-refractivity contribution in [3.8, 4) is 0 Å². The van der Waals surface area contributed by atoms with Crippen LogP contribution in [-0.4, -0.2) is 43.6 Å². The van der Waals surface area contributed by atoms with Gasteiger partial charge in [0.15, 0.2) is 0 Å². The Balaban J connectivity index is 1.67. The van der Waals surface area contributed by atoms with Gasteiger partial charge in [0.2, 0.25) is 0 Å². The summed E-state index contributed by atoms with van der Waals surface area (Å²) in [5.41, 5.74) is 1.71. The van der Waals surface area contributed by atoms with Crippen LogP contribution in [0.25, 0.3) is 0 Å². The molecule has 1 atom stereocenters. The summed E-state index contributed by atoms with van der Waals surface area (Å²) in [6.45, 7) is 4.23. The molecule has 0 aromatic heterocycles. The summed E-state index contributed by atoms with van der Waals surface area (Å²) in [7, 11) is 0. The van der Waals surface area contributed by atoms with E-state index in [0.717, 1.165) is 61.5 Å². The van der Waals surface area contributed by atoms with E-state index in [0.29, 0.717) is 0 Å². The molecule has 1 N–H and O–H groups in total. The Morgan fingerprint density at radius 2 is 2.09 bits per heavy atom. The largest absolute Gasteiger partial charge is 0.381 e. The molecule has 0 saturated carbocycles. The summed E-state index contributed by atoms with van der Waals surface area (Å²) < 4.78 is 11.5. The second-order valence-electron chi connectivity index (χ2n) is 6.49. The molecule has 1 aromatic rings. The first-order chi connectivity index (χ1) is 11.1. The fourth-order valence-corrected chi connectivity index (χ4v) is 3.92. The summed E-state index contributed by atoms with van der Waals surface area (Å²) in [5, 5.41) is 3.23. The van der Waals surface area contributed by atoms with Gasteiger partial charge < -0.3 is 14.8 Å². The average molecular weight is 335 g/mol. The molecule has 2 aliphatic heterocycles. The van der Waals surface area contributed by atoms with Crippen LogP contribution in [0, 0.1) is 6.92 Å². The Labute approximate surface area is 142 Å². The van der Waals surface area contributed by atoms with E-state index in [4.69, 9.17) is 9.47 Å². The Kier molecular flexibility index (Phi) is 5.29. The number of carbonyl (C=O) groups excluding carboxylic acids is 1. The first-order valence-electron chi connectivity index (χ1n) is 8.29. The molecule has 0 aliphatic carbocycles. The maximum Gasteiger partial charge on any atom is 0.251 e. The number of hydrogen-bond donors (Lipinski definition) is 1. The number of carbonyl (C=O) groups is 1. The van der Waals surface area contributed by atoms with Crippen molar-refractivity contribution in [2.75, 3.05) is 26.1 Å². The fourth-order valence-electron chi connectivity index (χ4n) is 3.48. The van der Waals surface area contributed by atoms with E-state index in [2.05, 4.69) is 11.4 Å². The molecule has 2 saturated heterocycles. The standard InChI is InChI=1S/C18H25NO3S/c1-13-3-4-15(23-2)11-16(13)17(20)19-14-5-8-22-18(12-14)6-9-21-10-7-18/h3-4,11,14H,5-10,12H2,1-2H3,(H,19,20)/t14-/m1/s1. The van der Waals surface area contributed by atoms with Crippen LogP contribution in [0.2, 0.25) is 0 Å². The third-order valence-electron chi connectivity index (χ3n) is 4.92. The van der Waals surface area contributed by atoms with Crippen molar-refractivity contribution in [3.05, 3.63) is 29.3 Å². The minimum absolute atomic E-state index is 0.0347. The molecule has 2 aliphatic rings. The van der Waals surface area contributed by atoms with E-state index in [1.165, 1.54) is 0 Å². The van der Waals surface area contributed by atoms with E-state index >= 15 is 0 Å². The molecule has 0 radical (unpaired) electrons. The number of nitrogens with one attached hydrogen (secondary N) is 1. The maximum atomic E-state index is 12.7. The van der Waals surface area contributed by atoms with Gasteiger partial charge in [0.25, 0.3) is 5.91 Å². The van der Waals surface area contributed by atoms with Gasteiger partial charge >= 0.3 is 0 Å². The van der Waals surface area contributed by atoms with Gasteiger partial charge in [-0.05, 0) is 56.6 Å². The van der Waals surface area contributed by atoms with Crippen molar-refractivity contribution in [2.24, 2.45) is 0 Å². The molecule has 1 amide bonds. The predicted molar refractivity (Wildman–Crippen MR) is 92.2 cm³/mol. The SMILES string of the molecule is CSc1ccc(C)c(C(=O)N[C@@H]2CCOC3(CCOCC3)C2)c1. The molecule has 3 rings (SSSR count). The normalized spacial score (nSPS) is 23.7. The van der Waals surface area contributed by atoms with Gasteiger partial charge in [-0.15, -0.1) is 11.8 Å². The van der Waals surface area contributed by atoms with E-state index in [9.17, 15) is 4.79 Å². The summed E-state index contributed by atoms with van der Waals surface area (Å²) >= 11 is 1.66. The van der Waals surface area contributed by atoms with Crippen molar-refractivity contribution < 1.29 is 14.3 Å². The summed E-state index contributed by atoms with van der Waals surface area (Å²) in [4.78, 5) is 13.8. The highest BCUT2D eigenvalue weighted by Gasteiger charge is 2.39. The minimum Gasteiger partial charge on any atom is -0.381 e. The lowest BCUT2D eigenvalue weighted by Gasteiger charge is -2.43. The molecular weight excluding hydrogens is 310 g/mol. The van der Waals surface area contributed by atoms with Crippen LogP contribution < -0.4 is 5.32 Å². The van der Waals surface area contributed by atoms with Crippen LogP contribution in [0.5, 0.6) is 0 Å². The first kappa shape index (κ1) is 16.8. The van der Waals surface area contributed by atoms with Crippen molar-refractivity contribution in [1.82, 2.24) is 5.32 Å². The molecule has 4 nitrogen and oxygen atoms in total. The highest BCUT2D eigenvalue weighted by molar-refractivity contribution is 7.98. The zero-order valence-corrected chi connectivity index (χ0v) is 14.7. The van der Waals surface area contributed by atoms with Crippen molar-refractivity contribution >= 4 is 17.7 Å². The molecule has 2 fully saturated rings. The van der Waals surface area contributed by atoms with Crippen molar-refractivity contribution in [1.29, 1.82) is 0 Å². The Bertz CT molecular complexity index is 564. The van der Waals surface area contributed by atoms with Crippen LogP contribution in [0.3, 0.4) is 0 Å². The Hall–Kier alpha value is -1.04. The number of thioether (sulfide) groups is 1. The third kappa shape index (κ3) is 3.90. The second kappa shape index (κ2) is 7.24. The van der Waals surface area contributed by atoms with Crippen molar-refractivity contribution in [2.45, 2.75) is 49.1 Å². The lowest BCUT2D eigenvalue weighted by atomic mass is 9.84. The van der Waals surface area contributed by atoms with E-state index in [1.54, 1.807) is 11.8 Å². The zero-order valence-electron chi connectivity index (χ0n) is 13.9. The second-order valence-corrected chi connectivity index (χ2v) is 7.37. The number of aryl methyl sites for hydroxylation is 1. The number of ether oxygens (including phenoxy) is 2. The molecule has 23 heavy (non-hydrogen) atoms. The molecule has 0 unspecified atom stereocenters. The monoisotopic (exact) mass is 335 g/mol. The number of hydrogen-bond acceptors (Lipinski definition) is 4. The van der Waals surface area contributed by atoms with Gasteiger partial charge in [0, 0.05) is 36.3 Å². The smallest absolute Gasteiger partial charge is 0.251 e. The lowest BCUT2D eigenvalue weighted by Crippen LogP contribution is -2.51. The summed E-state index contributed by atoms with van der Waals surface area (Å²) in [6, 6.07) is 6.25. The van der Waals surface area contributed by atoms with E-state index in [-0.39, 0.29) is 17.6 Å². The topological polar surface area (TPSA) is 47.6 Å². The fraction of sp³-hybridized carbons (Fsp3) is 0.611. The van der Waals surface area contributed by atoms with Crippen LogP contribution in [0.1, 0.15) is 41.6 Å². The summed E-state index contributed by atoms with van der Waals surface area (Å²) in [6.07, 6.45) is 5.67. The highest BCUT2D eigenvalue weighted by Crippen LogP contribution is 2.34. The molecular formula is C18H25NO3S. The molecule has 0 bridgehead atoms. The number of rotatable bonds is 3. The van der Waals surface area contributed by atoms with Gasteiger partial charge in [-0.2, -0.15) is 0 Å². The van der Waals surface area contributed by atoms with Gasteiger partial charge in [-0.3, -0.25) is 4.79 Å². The van der Waals surface area contributed by atoms with Crippen LogP contribution in [0.4, 0.5) is 0 Å². The predicted octanol–water partition coefficient (Wildman–Crippen LogP) is 3.17. The maximum absolute atomic E-state index is 12.7. The molecule has 2 heterocycles. The highest BCUT2D eigenvalue weighted by atomic mass is 32.2. The minimum atomic E-state index is -0.0926. The number of amides is 1. The average Bonchev–Trinajstić information content (AvgIpc) is 2.56. The number of benzene rings is 1. The molecule has 1 spiro atoms. The first-order valence-corrected chi connectivity index (χ1v) is 9.52. The molecule has 5 heteroatoms. The molecule has 1 aromatic carbocycles. The van der Waals surface area contributed by atoms with Gasteiger partial charge in [0.1, 0.15) is 0 Å². The molecule has 126 valence electrons. The Morgan fingerprint density at radius 1 is 1.30 bits per heavy atom. The zero-order chi connectivity index (χ0) is 16.3. The Morgan fingerprint density at radius 3 is 2.83 bits per heavy atom. The van der Waals surface area contributed by atoms with E-state index < -0.39 is 0 Å². The van der Waals surface area contributed by atoms with Gasteiger partial charge in [0.05, 0.1) is 5.60 Å². The van der Waals surface area contributed by atoms with Gasteiger partial charge in [-0.25, -0.2) is 0 Å². The van der Waals surface area contributed by atoms with Gasteiger partial charge in [-0.1, -0.05) is 6.07 Å². The van der Waals surface area contributed by atoms with Crippen LogP contribution in [-0.2, 0) is 9.47 Å². The van der Waals surface area contributed by atoms with Crippen LogP contribution >= 0.6 is 11.8 Å². The van der Waals surface area contributed by atoms with E-state index in [1.807, 2.05) is 25.3 Å². The lowest BCUT2D eigenvalue weighted by molar-refractivity contribution is -0.139. The summed E-state index contributed by atoms with van der Waals surface area (Å²) in [5.74, 6) is 0.0347. The quantitative estimate of drug-likeness (QED) is 0.862. The van der Waals surface area contributed by atoms with Crippen molar-refractivity contribution in [3.63, 3.8) is 0 Å². The third-order valence-corrected chi connectivity index (χ3v) is 5.65. The van der Waals surface area contributed by atoms with Crippen LogP contribution in [0.15, 0.2) is 23.1 Å².